The summed E-state index contributed by atoms with van der Waals surface area (Å²) < 4.78 is 5.22. The molecular weight excluding hydrogens is 406 g/mol. The molecule has 0 spiro atoms. The number of aromatic nitrogens is 2. The minimum atomic E-state index is -0.508. The van der Waals surface area contributed by atoms with E-state index in [-0.39, 0.29) is 11.8 Å². The molecule has 0 aliphatic carbocycles. The highest BCUT2D eigenvalue weighted by molar-refractivity contribution is 5.92. The number of furan rings is 1. The minimum absolute atomic E-state index is 0.0262. The molecule has 3 aromatic rings. The van der Waals surface area contributed by atoms with Gasteiger partial charge in [-0.2, -0.15) is 0 Å². The monoisotopic (exact) mass is 433 g/mol. The van der Waals surface area contributed by atoms with Gasteiger partial charge < -0.3 is 19.5 Å². The van der Waals surface area contributed by atoms with Crippen molar-refractivity contribution < 1.29 is 14.0 Å². The zero-order valence-corrected chi connectivity index (χ0v) is 18.3. The van der Waals surface area contributed by atoms with Crippen molar-refractivity contribution in [3.63, 3.8) is 0 Å². The molecule has 0 saturated carbocycles. The lowest BCUT2D eigenvalue weighted by molar-refractivity contribution is -0.133. The van der Waals surface area contributed by atoms with Crippen molar-refractivity contribution in [2.24, 2.45) is 0 Å². The summed E-state index contributed by atoms with van der Waals surface area (Å²) >= 11 is 0. The minimum Gasteiger partial charge on any atom is -0.459 e. The molecule has 3 heterocycles. The average Bonchev–Trinajstić information content (AvgIpc) is 3.33. The first-order valence-electron chi connectivity index (χ1n) is 10.7. The number of nitrogens with zero attached hydrogens (tertiary/aromatic N) is 4. The van der Waals surface area contributed by atoms with Gasteiger partial charge in [0, 0.05) is 44.0 Å². The smallest absolute Gasteiger partial charge is 0.289 e. The summed E-state index contributed by atoms with van der Waals surface area (Å²) in [6.07, 6.45) is 2.00. The second kappa shape index (κ2) is 9.64. The number of hydrogen-bond acceptors (Lipinski definition) is 6. The maximum Gasteiger partial charge on any atom is 0.289 e. The van der Waals surface area contributed by atoms with Crippen molar-refractivity contribution in [1.29, 1.82) is 0 Å². The van der Waals surface area contributed by atoms with Crippen LogP contribution >= 0.6 is 0 Å². The molecule has 2 aromatic heterocycles. The van der Waals surface area contributed by atoms with Crippen LogP contribution in [0.15, 0.2) is 59.2 Å². The van der Waals surface area contributed by atoms with Crippen LogP contribution in [0, 0.1) is 13.8 Å². The lowest BCUT2D eigenvalue weighted by Crippen LogP contribution is -2.54. The van der Waals surface area contributed by atoms with Gasteiger partial charge in [-0.15, -0.1) is 0 Å². The molecule has 0 bridgehead atoms. The van der Waals surface area contributed by atoms with Gasteiger partial charge in [0.05, 0.1) is 6.26 Å². The topological polar surface area (TPSA) is 91.6 Å². The third-order valence-electron chi connectivity index (χ3n) is 5.48. The van der Waals surface area contributed by atoms with E-state index in [9.17, 15) is 9.59 Å². The molecule has 1 aromatic carbocycles. The Morgan fingerprint density at radius 2 is 1.62 bits per heavy atom. The molecule has 4 rings (SSSR count). The molecule has 1 N–H and O–H groups in total. The molecule has 1 saturated heterocycles. The fourth-order valence-electron chi connectivity index (χ4n) is 3.90. The molecule has 1 aliphatic rings. The standard InChI is InChI=1S/C24H27N5O3/c1-17-15-18(2)26-24(25-17)27-20(16-19-7-4-3-5-8-19)22(30)28-10-12-29(13-11-28)23(31)21-9-6-14-32-21/h3-9,14-15,20H,10-13,16H2,1-2H3,(H,25,26,27)/t20-/m1/s1. The van der Waals surface area contributed by atoms with E-state index >= 15 is 0 Å². The lowest BCUT2D eigenvalue weighted by atomic mass is 10.0. The quantitative estimate of drug-likeness (QED) is 0.643. The van der Waals surface area contributed by atoms with Gasteiger partial charge in [0.15, 0.2) is 5.76 Å². The normalized spacial score (nSPS) is 14.8. The zero-order chi connectivity index (χ0) is 22.5. The van der Waals surface area contributed by atoms with Gasteiger partial charge in [-0.25, -0.2) is 9.97 Å². The Morgan fingerprint density at radius 3 is 2.25 bits per heavy atom. The maximum atomic E-state index is 13.5. The van der Waals surface area contributed by atoms with Crippen molar-refractivity contribution >= 4 is 17.8 Å². The first kappa shape index (κ1) is 21.5. The van der Waals surface area contributed by atoms with Gasteiger partial charge >= 0.3 is 0 Å². The number of aryl methyl sites for hydroxylation is 2. The summed E-state index contributed by atoms with van der Waals surface area (Å²) in [5.41, 5.74) is 2.74. The Hall–Kier alpha value is -3.68. The second-order valence-corrected chi connectivity index (χ2v) is 7.96. The van der Waals surface area contributed by atoms with Gasteiger partial charge in [0.1, 0.15) is 6.04 Å². The van der Waals surface area contributed by atoms with Crippen LogP contribution in [0.5, 0.6) is 0 Å². The van der Waals surface area contributed by atoms with Crippen molar-refractivity contribution in [2.75, 3.05) is 31.5 Å². The summed E-state index contributed by atoms with van der Waals surface area (Å²) in [6.45, 7) is 5.66. The molecule has 1 aliphatic heterocycles. The Kier molecular flexibility index (Phi) is 6.49. The van der Waals surface area contributed by atoms with Crippen LogP contribution in [0.2, 0.25) is 0 Å². The van der Waals surface area contributed by atoms with Crippen molar-refractivity contribution in [2.45, 2.75) is 26.3 Å². The van der Waals surface area contributed by atoms with Gasteiger partial charge in [-0.05, 0) is 37.6 Å². The molecule has 1 fully saturated rings. The number of piperazine rings is 1. The fourth-order valence-corrected chi connectivity index (χ4v) is 3.90. The molecular formula is C24H27N5O3. The molecule has 1 atom stereocenters. The number of anilines is 1. The predicted octanol–water partition coefficient (Wildman–Crippen LogP) is 2.69. The molecule has 32 heavy (non-hydrogen) atoms. The Bertz CT molecular complexity index is 1040. The zero-order valence-electron chi connectivity index (χ0n) is 18.3. The largest absolute Gasteiger partial charge is 0.459 e. The van der Waals surface area contributed by atoms with Gasteiger partial charge in [-0.1, -0.05) is 30.3 Å². The van der Waals surface area contributed by atoms with Crippen molar-refractivity contribution in [1.82, 2.24) is 19.8 Å². The summed E-state index contributed by atoms with van der Waals surface area (Å²) in [5.74, 6) is 0.593. The van der Waals surface area contributed by atoms with Crippen LogP contribution in [-0.2, 0) is 11.2 Å². The number of hydrogen-bond donors (Lipinski definition) is 1. The molecule has 8 heteroatoms. The summed E-state index contributed by atoms with van der Waals surface area (Å²) in [4.78, 5) is 38.4. The average molecular weight is 434 g/mol. The van der Waals surface area contributed by atoms with E-state index in [0.717, 1.165) is 17.0 Å². The third kappa shape index (κ3) is 5.14. The summed E-state index contributed by atoms with van der Waals surface area (Å²) in [5, 5.41) is 3.25. The van der Waals surface area contributed by atoms with E-state index in [1.165, 1.54) is 6.26 Å². The Labute approximate surface area is 187 Å². The number of benzene rings is 1. The number of carbonyl (C=O) groups is 2. The van der Waals surface area contributed by atoms with Gasteiger partial charge in [0.25, 0.3) is 5.91 Å². The van der Waals surface area contributed by atoms with E-state index in [2.05, 4.69) is 15.3 Å². The maximum absolute atomic E-state index is 13.5. The van der Waals surface area contributed by atoms with Crippen LogP contribution in [0.3, 0.4) is 0 Å². The number of carbonyl (C=O) groups excluding carboxylic acids is 2. The number of amides is 2. The fraction of sp³-hybridized carbons (Fsp3) is 0.333. The van der Waals surface area contributed by atoms with E-state index < -0.39 is 6.04 Å². The molecule has 0 radical (unpaired) electrons. The predicted molar refractivity (Wildman–Crippen MR) is 120 cm³/mol. The highest BCUT2D eigenvalue weighted by atomic mass is 16.3. The van der Waals surface area contributed by atoms with Crippen LogP contribution in [-0.4, -0.2) is 63.8 Å². The van der Waals surface area contributed by atoms with Gasteiger partial charge in [-0.3, -0.25) is 9.59 Å². The van der Waals surface area contributed by atoms with Crippen LogP contribution in [0.1, 0.15) is 27.5 Å². The summed E-state index contributed by atoms with van der Waals surface area (Å²) in [7, 11) is 0. The highest BCUT2D eigenvalue weighted by Crippen LogP contribution is 2.15. The van der Waals surface area contributed by atoms with Crippen LogP contribution in [0.4, 0.5) is 5.95 Å². The van der Waals surface area contributed by atoms with Crippen LogP contribution in [0.25, 0.3) is 0 Å². The van der Waals surface area contributed by atoms with E-state index in [4.69, 9.17) is 4.42 Å². The Balaban J connectivity index is 1.46. The molecule has 2 amide bonds. The molecule has 8 nitrogen and oxygen atoms in total. The van der Waals surface area contributed by atoms with E-state index in [0.29, 0.717) is 44.3 Å². The number of rotatable bonds is 6. The van der Waals surface area contributed by atoms with Gasteiger partial charge in [0.2, 0.25) is 11.9 Å². The first-order valence-corrected chi connectivity index (χ1v) is 10.7. The first-order chi connectivity index (χ1) is 15.5. The van der Waals surface area contributed by atoms with Crippen molar-refractivity contribution in [3.8, 4) is 0 Å². The SMILES string of the molecule is Cc1cc(C)nc(N[C@H](Cc2ccccc2)C(=O)N2CCN(C(=O)c3ccco3)CC2)n1. The van der Waals surface area contributed by atoms with E-state index in [1.807, 2.05) is 50.2 Å². The second-order valence-electron chi connectivity index (χ2n) is 7.96. The van der Waals surface area contributed by atoms with Crippen LogP contribution < -0.4 is 5.32 Å². The molecule has 0 unspecified atom stereocenters. The third-order valence-corrected chi connectivity index (χ3v) is 5.48. The lowest BCUT2D eigenvalue weighted by Gasteiger charge is -2.36. The number of nitrogens with one attached hydrogen (secondary N) is 1. The van der Waals surface area contributed by atoms with E-state index in [1.54, 1.807) is 21.9 Å². The van der Waals surface area contributed by atoms with Crippen molar-refractivity contribution in [3.05, 3.63) is 77.5 Å². The Morgan fingerprint density at radius 1 is 0.969 bits per heavy atom. The summed E-state index contributed by atoms with van der Waals surface area (Å²) in [6, 6.07) is 14.6. The molecule has 166 valence electrons. The highest BCUT2D eigenvalue weighted by Gasteiger charge is 2.30.